The fourth-order valence-corrected chi connectivity index (χ4v) is 1.86. The Hall–Kier alpha value is -1.96. The Labute approximate surface area is 116 Å². The molecule has 2 nitrogen and oxygen atoms in total. The van der Waals surface area contributed by atoms with Gasteiger partial charge in [-0.15, -0.1) is 0 Å². The summed E-state index contributed by atoms with van der Waals surface area (Å²) in [5.41, 5.74) is 10.4. The van der Waals surface area contributed by atoms with E-state index in [4.69, 9.17) is 5.73 Å². The Morgan fingerprint density at radius 3 is 2.42 bits per heavy atom. The largest absolute Gasteiger partial charge is 0.398 e. The van der Waals surface area contributed by atoms with E-state index in [-0.39, 0.29) is 0 Å². The molecule has 0 radical (unpaired) electrons. The quantitative estimate of drug-likeness (QED) is 0.801. The van der Waals surface area contributed by atoms with Crippen LogP contribution in [0.25, 0.3) is 5.57 Å². The molecule has 1 aromatic carbocycles. The maximum absolute atomic E-state index is 5.94. The zero-order chi connectivity index (χ0) is 14.1. The van der Waals surface area contributed by atoms with Gasteiger partial charge in [0.25, 0.3) is 0 Å². The van der Waals surface area contributed by atoms with Crippen molar-refractivity contribution in [2.45, 2.75) is 27.2 Å². The van der Waals surface area contributed by atoms with Crippen LogP contribution in [0.15, 0.2) is 60.0 Å². The number of hydrogen-bond donors (Lipinski definition) is 2. The van der Waals surface area contributed by atoms with Crippen LogP contribution in [0.5, 0.6) is 0 Å². The number of nitrogens with one attached hydrogen (secondary N) is 1. The summed E-state index contributed by atoms with van der Waals surface area (Å²) in [5.74, 6) is 0. The Bertz CT molecular complexity index is 467. The average molecular weight is 256 g/mol. The highest BCUT2D eigenvalue weighted by molar-refractivity contribution is 5.76. The summed E-state index contributed by atoms with van der Waals surface area (Å²) in [4.78, 5) is 0. The Morgan fingerprint density at radius 2 is 1.74 bits per heavy atom. The van der Waals surface area contributed by atoms with Gasteiger partial charge in [-0.3, -0.25) is 0 Å². The van der Waals surface area contributed by atoms with Crippen LogP contribution in [0.4, 0.5) is 0 Å². The van der Waals surface area contributed by atoms with Gasteiger partial charge < -0.3 is 11.1 Å². The molecule has 1 heterocycles. The molecule has 19 heavy (non-hydrogen) atoms. The predicted molar refractivity (Wildman–Crippen MR) is 84.4 cm³/mol. The van der Waals surface area contributed by atoms with Gasteiger partial charge in [-0.05, 0) is 30.6 Å². The van der Waals surface area contributed by atoms with E-state index in [1.54, 1.807) is 0 Å². The van der Waals surface area contributed by atoms with Crippen LogP contribution < -0.4 is 11.1 Å². The molecule has 0 aromatic heterocycles. The highest BCUT2D eigenvalue weighted by Crippen LogP contribution is 2.20. The summed E-state index contributed by atoms with van der Waals surface area (Å²) < 4.78 is 0. The Kier molecular flexibility index (Phi) is 6.51. The zero-order valence-corrected chi connectivity index (χ0v) is 12.1. The zero-order valence-electron chi connectivity index (χ0n) is 12.1. The van der Waals surface area contributed by atoms with Gasteiger partial charge >= 0.3 is 0 Å². The van der Waals surface area contributed by atoms with Crippen LogP contribution >= 0.6 is 0 Å². The summed E-state index contributed by atoms with van der Waals surface area (Å²) in [7, 11) is 0. The second kappa shape index (κ2) is 8.20. The van der Waals surface area contributed by atoms with E-state index < -0.39 is 0 Å². The summed E-state index contributed by atoms with van der Waals surface area (Å²) in [6, 6.07) is 10.3. The first kappa shape index (κ1) is 15.1. The molecule has 1 aliphatic rings. The molecular weight excluding hydrogens is 232 g/mol. The van der Waals surface area contributed by atoms with Crippen molar-refractivity contribution in [3.05, 3.63) is 65.5 Å². The van der Waals surface area contributed by atoms with Crippen molar-refractivity contribution in [2.24, 2.45) is 5.73 Å². The van der Waals surface area contributed by atoms with E-state index >= 15 is 0 Å². The van der Waals surface area contributed by atoms with Crippen LogP contribution in [0.3, 0.4) is 0 Å². The van der Waals surface area contributed by atoms with Gasteiger partial charge in [-0.25, -0.2) is 0 Å². The van der Waals surface area contributed by atoms with E-state index in [9.17, 15) is 0 Å². The monoisotopic (exact) mass is 256 g/mol. The molecule has 102 valence electrons. The van der Waals surface area contributed by atoms with Crippen LogP contribution in [0.2, 0.25) is 0 Å². The molecule has 2 rings (SSSR count). The molecule has 1 aromatic rings. The van der Waals surface area contributed by atoms with E-state index in [0.717, 1.165) is 18.7 Å². The van der Waals surface area contributed by atoms with Crippen molar-refractivity contribution in [3.8, 4) is 0 Å². The van der Waals surface area contributed by atoms with Gasteiger partial charge in [-0.2, -0.15) is 0 Å². The van der Waals surface area contributed by atoms with E-state index in [2.05, 4.69) is 30.4 Å². The van der Waals surface area contributed by atoms with Crippen LogP contribution in [0, 0.1) is 0 Å². The predicted octanol–water partition coefficient (Wildman–Crippen LogP) is 3.84. The smallest absolute Gasteiger partial charge is 0.0479 e. The fraction of sp³-hybridized carbons (Fsp3) is 0.294. The van der Waals surface area contributed by atoms with Crippen LogP contribution in [0.1, 0.15) is 32.8 Å². The molecule has 0 atom stereocenters. The molecule has 0 aliphatic carbocycles. The average Bonchev–Trinajstić information content (AvgIpc) is 2.53. The first-order valence-electron chi connectivity index (χ1n) is 6.89. The van der Waals surface area contributed by atoms with Gasteiger partial charge in [0.2, 0.25) is 0 Å². The Balaban J connectivity index is 0.000000861. The molecule has 0 unspecified atom stereocenters. The van der Waals surface area contributed by atoms with E-state index in [1.807, 2.05) is 44.3 Å². The molecule has 0 amide bonds. The normalized spacial score (nSPS) is 23.4. The highest BCUT2D eigenvalue weighted by Gasteiger charge is 2.01. The molecule has 0 bridgehead atoms. The van der Waals surface area contributed by atoms with Gasteiger partial charge in [0, 0.05) is 18.4 Å². The van der Waals surface area contributed by atoms with Gasteiger partial charge in [0.1, 0.15) is 0 Å². The number of benzene rings is 1. The van der Waals surface area contributed by atoms with Crippen molar-refractivity contribution in [1.29, 1.82) is 0 Å². The summed E-state index contributed by atoms with van der Waals surface area (Å²) in [6.45, 7) is 7.08. The molecule has 0 fully saturated rings. The van der Waals surface area contributed by atoms with Gasteiger partial charge in [0.05, 0.1) is 0 Å². The third-order valence-electron chi connectivity index (χ3n) is 2.76. The first-order valence-corrected chi connectivity index (χ1v) is 6.89. The van der Waals surface area contributed by atoms with E-state index in [0.29, 0.717) is 0 Å². The molecule has 1 aliphatic heterocycles. The summed E-state index contributed by atoms with van der Waals surface area (Å²) in [5, 5.41) is 3.21. The van der Waals surface area contributed by atoms with Crippen molar-refractivity contribution >= 4 is 5.57 Å². The minimum atomic E-state index is 0.759. The summed E-state index contributed by atoms with van der Waals surface area (Å²) >= 11 is 0. The number of allylic oxidation sites excluding steroid dienone is 3. The van der Waals surface area contributed by atoms with Gasteiger partial charge in [0.15, 0.2) is 0 Å². The minimum absolute atomic E-state index is 0.759. The molecule has 3 N–H and O–H groups in total. The topological polar surface area (TPSA) is 38.0 Å². The van der Waals surface area contributed by atoms with Crippen molar-refractivity contribution in [2.75, 3.05) is 6.54 Å². The second-order valence-corrected chi connectivity index (χ2v) is 4.30. The van der Waals surface area contributed by atoms with Crippen molar-refractivity contribution in [3.63, 3.8) is 0 Å². The fourth-order valence-electron chi connectivity index (χ4n) is 1.86. The van der Waals surface area contributed by atoms with Crippen LogP contribution in [-0.2, 0) is 0 Å². The standard InChI is InChI=1S/C15H18N2.C2H6/c1-12-7-8-17-11-15(16)10-14(9-12)13-5-3-2-4-6-13;1-2/h2-6,9-11,17H,7-8,16H2,1H3;1-2H3/b12-9+,14-10+,15-11-;. The molecule has 2 heteroatoms. The van der Waals surface area contributed by atoms with Crippen LogP contribution in [-0.4, -0.2) is 6.54 Å². The van der Waals surface area contributed by atoms with Gasteiger partial charge in [-0.1, -0.05) is 55.8 Å². The highest BCUT2D eigenvalue weighted by atomic mass is 14.8. The van der Waals surface area contributed by atoms with Crippen molar-refractivity contribution < 1.29 is 0 Å². The number of hydrogen-bond acceptors (Lipinski definition) is 2. The van der Waals surface area contributed by atoms with Crippen molar-refractivity contribution in [1.82, 2.24) is 5.32 Å². The lowest BCUT2D eigenvalue weighted by Gasteiger charge is -2.04. The summed E-state index contributed by atoms with van der Waals surface area (Å²) in [6.07, 6.45) is 7.13. The maximum Gasteiger partial charge on any atom is 0.0479 e. The Morgan fingerprint density at radius 1 is 1.05 bits per heavy atom. The SMILES string of the molecule is CC.C\C1=C/C(c2ccccc2)=C\C(N)=C\NCC1. The third-order valence-corrected chi connectivity index (χ3v) is 2.76. The maximum atomic E-state index is 5.94. The number of rotatable bonds is 1. The third kappa shape index (κ3) is 5.04. The molecule has 0 saturated heterocycles. The lowest BCUT2D eigenvalue weighted by Crippen LogP contribution is -2.09. The minimum Gasteiger partial charge on any atom is -0.398 e. The molecule has 0 saturated carbocycles. The number of nitrogens with two attached hydrogens (primary N) is 1. The molecule has 0 spiro atoms. The second-order valence-electron chi connectivity index (χ2n) is 4.30. The first-order chi connectivity index (χ1) is 9.25. The lowest BCUT2D eigenvalue weighted by molar-refractivity contribution is 0.820. The van der Waals surface area contributed by atoms with E-state index in [1.165, 1.54) is 16.7 Å². The lowest BCUT2D eigenvalue weighted by atomic mass is 10.0. The molecular formula is C17H24N2.